The van der Waals surface area contributed by atoms with Gasteiger partial charge < -0.3 is 10.6 Å². The molecule has 2 heterocycles. The van der Waals surface area contributed by atoms with E-state index in [1.54, 1.807) is 4.88 Å². The van der Waals surface area contributed by atoms with Crippen molar-refractivity contribution in [2.45, 2.75) is 26.8 Å². The number of guanidine groups is 1. The minimum absolute atomic E-state index is 0.632. The van der Waals surface area contributed by atoms with Crippen LogP contribution in [0.3, 0.4) is 0 Å². The Hall–Kier alpha value is -1.07. The summed E-state index contributed by atoms with van der Waals surface area (Å²) in [6, 6.07) is 2.27. The molecule has 0 fully saturated rings. The number of thiophene rings is 1. The molecule has 2 N–H and O–H groups in total. The van der Waals surface area contributed by atoms with E-state index in [9.17, 15) is 0 Å². The van der Waals surface area contributed by atoms with Crippen molar-refractivity contribution in [1.82, 2.24) is 15.5 Å². The highest BCUT2D eigenvalue weighted by Crippen LogP contribution is 2.23. The highest BCUT2D eigenvalue weighted by atomic mass is 32.1. The van der Waals surface area contributed by atoms with Gasteiger partial charge in [0.2, 0.25) is 0 Å². The van der Waals surface area contributed by atoms with Gasteiger partial charge in [-0.05, 0) is 29.3 Å². The minimum Gasteiger partial charge on any atom is -0.356 e. The molecule has 112 valence electrons. The van der Waals surface area contributed by atoms with Crippen molar-refractivity contribution in [1.29, 1.82) is 0 Å². The van der Waals surface area contributed by atoms with Crippen LogP contribution in [-0.2, 0) is 13.0 Å². The number of hydrogen-bond donors (Lipinski definition) is 2. The summed E-state index contributed by atoms with van der Waals surface area (Å²) >= 11 is 1.90. The Morgan fingerprint density at radius 3 is 3.05 bits per heavy atom. The molecule has 5 heteroatoms. The highest BCUT2D eigenvalue weighted by molar-refractivity contribution is 7.10. The summed E-state index contributed by atoms with van der Waals surface area (Å²) in [5.41, 5.74) is 1.52. The van der Waals surface area contributed by atoms with Crippen molar-refractivity contribution in [2.24, 2.45) is 10.9 Å². The van der Waals surface area contributed by atoms with Crippen LogP contribution in [0.15, 0.2) is 16.4 Å². The van der Waals surface area contributed by atoms with Crippen molar-refractivity contribution in [3.05, 3.63) is 21.9 Å². The zero-order valence-corrected chi connectivity index (χ0v) is 13.6. The second kappa shape index (κ2) is 7.64. The smallest absolute Gasteiger partial charge is 0.191 e. The second-order valence-corrected chi connectivity index (χ2v) is 6.67. The van der Waals surface area contributed by atoms with Crippen molar-refractivity contribution in [2.75, 3.05) is 33.2 Å². The molecule has 0 atom stereocenters. The fraction of sp³-hybridized carbons (Fsp3) is 0.667. The van der Waals surface area contributed by atoms with Gasteiger partial charge in [-0.15, -0.1) is 11.3 Å². The van der Waals surface area contributed by atoms with Crippen LogP contribution in [0.1, 0.15) is 24.3 Å². The van der Waals surface area contributed by atoms with E-state index in [0.29, 0.717) is 5.92 Å². The van der Waals surface area contributed by atoms with Gasteiger partial charge in [0.25, 0.3) is 0 Å². The van der Waals surface area contributed by atoms with Gasteiger partial charge >= 0.3 is 0 Å². The van der Waals surface area contributed by atoms with E-state index in [0.717, 1.165) is 32.1 Å². The third-order valence-electron chi connectivity index (χ3n) is 3.51. The fourth-order valence-corrected chi connectivity index (χ4v) is 3.24. The fourth-order valence-electron chi connectivity index (χ4n) is 2.35. The SMILES string of the molecule is CN=C(NCCN1CCc2sccc2C1)NCC(C)C. The molecule has 1 aliphatic rings. The van der Waals surface area contributed by atoms with Crippen molar-refractivity contribution < 1.29 is 0 Å². The molecule has 1 aliphatic heterocycles. The molecule has 20 heavy (non-hydrogen) atoms. The van der Waals surface area contributed by atoms with E-state index < -0.39 is 0 Å². The maximum atomic E-state index is 4.25. The Bertz CT molecular complexity index is 439. The van der Waals surface area contributed by atoms with E-state index in [2.05, 4.69) is 45.8 Å². The zero-order valence-electron chi connectivity index (χ0n) is 12.8. The first-order chi connectivity index (χ1) is 9.69. The summed E-state index contributed by atoms with van der Waals surface area (Å²) in [5, 5.41) is 8.94. The number of fused-ring (bicyclic) bond motifs is 1. The monoisotopic (exact) mass is 294 g/mol. The molecule has 0 saturated heterocycles. The highest BCUT2D eigenvalue weighted by Gasteiger charge is 2.16. The Labute approximate surface area is 126 Å². The lowest BCUT2D eigenvalue weighted by Crippen LogP contribution is -2.43. The summed E-state index contributed by atoms with van der Waals surface area (Å²) in [5.74, 6) is 1.54. The first kappa shape index (κ1) is 15.3. The summed E-state index contributed by atoms with van der Waals surface area (Å²) in [6.45, 7) is 9.64. The molecule has 1 aromatic rings. The number of hydrogen-bond acceptors (Lipinski definition) is 3. The molecule has 2 rings (SSSR count). The molecule has 0 amide bonds. The molecule has 1 aromatic heterocycles. The van der Waals surface area contributed by atoms with E-state index in [1.165, 1.54) is 18.5 Å². The van der Waals surface area contributed by atoms with Crippen LogP contribution in [-0.4, -0.2) is 44.1 Å². The maximum Gasteiger partial charge on any atom is 0.191 e. The van der Waals surface area contributed by atoms with Gasteiger partial charge in [-0.2, -0.15) is 0 Å². The lowest BCUT2D eigenvalue weighted by Gasteiger charge is -2.27. The predicted octanol–water partition coefficient (Wildman–Crippen LogP) is 1.93. The normalized spacial score (nSPS) is 16.3. The average Bonchev–Trinajstić information content (AvgIpc) is 2.89. The first-order valence-electron chi connectivity index (χ1n) is 7.41. The van der Waals surface area contributed by atoms with Crippen LogP contribution in [0.2, 0.25) is 0 Å². The molecule has 4 nitrogen and oxygen atoms in total. The second-order valence-electron chi connectivity index (χ2n) is 5.67. The molecule has 0 bridgehead atoms. The van der Waals surface area contributed by atoms with Crippen LogP contribution >= 0.6 is 11.3 Å². The molecule has 0 spiro atoms. The van der Waals surface area contributed by atoms with Gasteiger partial charge in [0.1, 0.15) is 0 Å². The number of aliphatic imine (C=N–C) groups is 1. The Morgan fingerprint density at radius 1 is 1.45 bits per heavy atom. The van der Waals surface area contributed by atoms with Gasteiger partial charge in [-0.25, -0.2) is 0 Å². The third kappa shape index (κ3) is 4.49. The van der Waals surface area contributed by atoms with E-state index in [1.807, 2.05) is 18.4 Å². The number of nitrogens with zero attached hydrogens (tertiary/aromatic N) is 2. The zero-order chi connectivity index (χ0) is 14.4. The van der Waals surface area contributed by atoms with Gasteiger partial charge in [0.05, 0.1) is 0 Å². The van der Waals surface area contributed by atoms with Crippen molar-refractivity contribution in [3.8, 4) is 0 Å². The summed E-state index contributed by atoms with van der Waals surface area (Å²) in [7, 11) is 1.83. The minimum atomic E-state index is 0.632. The lowest BCUT2D eigenvalue weighted by molar-refractivity contribution is 0.260. The van der Waals surface area contributed by atoms with Crippen LogP contribution < -0.4 is 10.6 Å². The summed E-state index contributed by atoms with van der Waals surface area (Å²) < 4.78 is 0. The standard InChI is InChI=1S/C15H26N4S/c1-12(2)10-18-15(16-3)17-6-8-19-7-4-14-13(11-19)5-9-20-14/h5,9,12H,4,6-8,10-11H2,1-3H3,(H2,16,17,18). The van der Waals surface area contributed by atoms with Crippen LogP contribution in [0.25, 0.3) is 0 Å². The molecule has 0 radical (unpaired) electrons. The van der Waals surface area contributed by atoms with Gasteiger partial charge in [-0.1, -0.05) is 13.8 Å². The van der Waals surface area contributed by atoms with Crippen LogP contribution in [0, 0.1) is 5.92 Å². The Balaban J connectivity index is 1.68. The Kier molecular flexibility index (Phi) is 5.86. The molecular formula is C15H26N4S. The van der Waals surface area contributed by atoms with Crippen molar-refractivity contribution in [3.63, 3.8) is 0 Å². The quantitative estimate of drug-likeness (QED) is 0.644. The van der Waals surface area contributed by atoms with Crippen LogP contribution in [0.5, 0.6) is 0 Å². The summed E-state index contributed by atoms with van der Waals surface area (Å²) in [6.07, 6.45) is 1.20. The van der Waals surface area contributed by atoms with E-state index in [4.69, 9.17) is 0 Å². The van der Waals surface area contributed by atoms with Crippen molar-refractivity contribution >= 4 is 17.3 Å². The summed E-state index contributed by atoms with van der Waals surface area (Å²) in [4.78, 5) is 8.33. The molecule has 0 aliphatic carbocycles. The molecule has 0 unspecified atom stereocenters. The largest absolute Gasteiger partial charge is 0.356 e. The molecule has 0 aromatic carbocycles. The third-order valence-corrected chi connectivity index (χ3v) is 4.53. The molecule has 0 saturated carbocycles. The maximum absolute atomic E-state index is 4.25. The predicted molar refractivity (Wildman–Crippen MR) is 87.5 cm³/mol. The van der Waals surface area contributed by atoms with Gasteiger partial charge in [0.15, 0.2) is 5.96 Å². The average molecular weight is 294 g/mol. The number of nitrogens with one attached hydrogen (secondary N) is 2. The van der Waals surface area contributed by atoms with Gasteiger partial charge in [0, 0.05) is 44.6 Å². The number of rotatable bonds is 5. The molecular weight excluding hydrogens is 268 g/mol. The van der Waals surface area contributed by atoms with E-state index in [-0.39, 0.29) is 0 Å². The topological polar surface area (TPSA) is 39.7 Å². The Morgan fingerprint density at radius 2 is 2.30 bits per heavy atom. The van der Waals surface area contributed by atoms with E-state index >= 15 is 0 Å². The van der Waals surface area contributed by atoms with Crippen LogP contribution in [0.4, 0.5) is 0 Å². The van der Waals surface area contributed by atoms with Gasteiger partial charge in [-0.3, -0.25) is 9.89 Å². The first-order valence-corrected chi connectivity index (χ1v) is 8.29. The lowest BCUT2D eigenvalue weighted by atomic mass is 10.1.